The van der Waals surface area contributed by atoms with Gasteiger partial charge in [0.2, 0.25) is 5.95 Å². The number of fused-ring (bicyclic) bond motifs is 11. The predicted molar refractivity (Wildman–Crippen MR) is 234 cm³/mol. The molecule has 0 saturated carbocycles. The molecule has 0 aliphatic carbocycles. The Balaban J connectivity index is 1.06. The second kappa shape index (κ2) is 12.0. The molecule has 0 spiro atoms. The zero-order valence-electron chi connectivity index (χ0n) is 30.3. The maximum absolute atomic E-state index is 5.37. The van der Waals surface area contributed by atoms with Crippen molar-refractivity contribution in [3.63, 3.8) is 0 Å². The Morgan fingerprint density at radius 2 is 0.875 bits per heavy atom. The van der Waals surface area contributed by atoms with Crippen LogP contribution in [0.15, 0.2) is 194 Å². The summed E-state index contributed by atoms with van der Waals surface area (Å²) in [5, 5.41) is 10.9. The molecule has 0 saturated heterocycles. The first-order chi connectivity index (χ1) is 27.8. The molecule has 4 nitrogen and oxygen atoms in total. The molecule has 12 aromatic rings. The van der Waals surface area contributed by atoms with Crippen LogP contribution in [0.25, 0.3) is 110 Å². The average Bonchev–Trinajstić information content (AvgIpc) is 3.80. The number of para-hydroxylation sites is 3. The molecule has 0 radical (unpaired) electrons. The van der Waals surface area contributed by atoms with Crippen LogP contribution >= 0.6 is 0 Å². The standard InChI is InChI=1S/C52H32N4/c1-2-12-33(13-3-1)34-22-24-36(25-23-34)51-41-16-6-9-19-44(41)53-52(54-51)56-46-21-11-8-18-43(46)50-40-29-28-38(32-37(40)27-31-48(50)56)55-45-20-10-7-17-42(45)49-39-15-5-4-14-35(39)26-30-47(49)55/h1-32H. The van der Waals surface area contributed by atoms with Gasteiger partial charge in [0.05, 0.1) is 33.3 Å². The topological polar surface area (TPSA) is 35.6 Å². The first-order valence-corrected chi connectivity index (χ1v) is 19.1. The minimum absolute atomic E-state index is 0.658. The van der Waals surface area contributed by atoms with E-state index in [0.717, 1.165) is 38.9 Å². The van der Waals surface area contributed by atoms with Crippen molar-refractivity contribution in [3.8, 4) is 34.0 Å². The number of hydrogen-bond donors (Lipinski definition) is 0. The summed E-state index contributed by atoms with van der Waals surface area (Å²) in [6, 6.07) is 69.6. The number of rotatable bonds is 4. The third-order valence-electron chi connectivity index (χ3n) is 11.5. The van der Waals surface area contributed by atoms with E-state index in [1.807, 2.05) is 0 Å². The summed E-state index contributed by atoms with van der Waals surface area (Å²) in [6.45, 7) is 0. The second-order valence-electron chi connectivity index (χ2n) is 14.6. The Bertz CT molecular complexity index is 3520. The van der Waals surface area contributed by atoms with Gasteiger partial charge in [0.1, 0.15) is 0 Å². The highest BCUT2D eigenvalue weighted by atomic mass is 15.2. The molecule has 0 atom stereocenters. The second-order valence-corrected chi connectivity index (χ2v) is 14.6. The molecule has 0 aliphatic heterocycles. The van der Waals surface area contributed by atoms with Gasteiger partial charge in [-0.2, -0.15) is 0 Å². The van der Waals surface area contributed by atoms with Crippen molar-refractivity contribution in [2.75, 3.05) is 0 Å². The Hall–Kier alpha value is -7.56. The first kappa shape index (κ1) is 30.9. The fourth-order valence-corrected chi connectivity index (χ4v) is 8.99. The normalized spacial score (nSPS) is 11.9. The van der Waals surface area contributed by atoms with Crippen LogP contribution < -0.4 is 0 Å². The fourth-order valence-electron chi connectivity index (χ4n) is 8.99. The zero-order valence-corrected chi connectivity index (χ0v) is 30.3. The SMILES string of the molecule is c1ccc(-c2ccc(-c3nc(-n4c5ccccc5c5c6ccc(-n7c8ccccc8c8c9ccccc9ccc87)cc6ccc54)nc4ccccc34)cc2)cc1. The summed E-state index contributed by atoms with van der Waals surface area (Å²) in [4.78, 5) is 10.6. The fraction of sp³-hybridized carbons (Fsp3) is 0. The van der Waals surface area contributed by atoms with Gasteiger partial charge < -0.3 is 4.57 Å². The lowest BCUT2D eigenvalue weighted by Gasteiger charge is -2.13. The Labute approximate surface area is 322 Å². The number of hydrogen-bond acceptors (Lipinski definition) is 2. The lowest BCUT2D eigenvalue weighted by atomic mass is 10.0. The minimum atomic E-state index is 0.658. The van der Waals surface area contributed by atoms with Gasteiger partial charge in [-0.15, -0.1) is 0 Å². The van der Waals surface area contributed by atoms with Crippen LogP contribution in [0, 0.1) is 0 Å². The lowest BCUT2D eigenvalue weighted by Crippen LogP contribution is -2.03. The summed E-state index contributed by atoms with van der Waals surface area (Å²) in [5.74, 6) is 0.658. The van der Waals surface area contributed by atoms with Crippen LogP contribution in [-0.2, 0) is 0 Å². The van der Waals surface area contributed by atoms with E-state index in [4.69, 9.17) is 9.97 Å². The van der Waals surface area contributed by atoms with Crippen LogP contribution in [0.1, 0.15) is 0 Å². The lowest BCUT2D eigenvalue weighted by molar-refractivity contribution is 1.01. The largest absolute Gasteiger partial charge is 0.309 e. The molecule has 3 heterocycles. The van der Waals surface area contributed by atoms with Crippen molar-refractivity contribution >= 4 is 76.1 Å². The maximum Gasteiger partial charge on any atom is 0.235 e. The third-order valence-corrected chi connectivity index (χ3v) is 11.5. The maximum atomic E-state index is 5.37. The van der Waals surface area contributed by atoms with E-state index >= 15 is 0 Å². The highest BCUT2D eigenvalue weighted by Crippen LogP contribution is 2.41. The van der Waals surface area contributed by atoms with Crippen molar-refractivity contribution in [2.24, 2.45) is 0 Å². The van der Waals surface area contributed by atoms with Gasteiger partial charge in [0.25, 0.3) is 0 Å². The number of nitrogens with zero attached hydrogens (tertiary/aromatic N) is 4. The quantitative estimate of drug-likeness (QED) is 0.182. The molecule has 9 aromatic carbocycles. The number of aromatic nitrogens is 4. The molecule has 0 aliphatic rings. The van der Waals surface area contributed by atoms with Crippen molar-refractivity contribution in [1.29, 1.82) is 0 Å². The number of benzene rings is 9. The Morgan fingerprint density at radius 3 is 1.64 bits per heavy atom. The van der Waals surface area contributed by atoms with Crippen LogP contribution in [0.4, 0.5) is 0 Å². The molecule has 12 rings (SSSR count). The summed E-state index contributed by atoms with van der Waals surface area (Å²) in [5.41, 5.74) is 11.0. The molecular formula is C52H32N4. The van der Waals surface area contributed by atoms with Gasteiger partial charge in [-0.25, -0.2) is 9.97 Å². The average molecular weight is 713 g/mol. The molecule has 0 N–H and O–H groups in total. The van der Waals surface area contributed by atoms with E-state index in [2.05, 4.69) is 203 Å². The Kier molecular flexibility index (Phi) is 6.60. The molecule has 4 heteroatoms. The van der Waals surface area contributed by atoms with E-state index in [-0.39, 0.29) is 0 Å². The van der Waals surface area contributed by atoms with Gasteiger partial charge in [-0.1, -0.05) is 152 Å². The molecule has 0 fully saturated rings. The zero-order chi connectivity index (χ0) is 36.7. The molecule has 260 valence electrons. The summed E-state index contributed by atoms with van der Waals surface area (Å²) < 4.78 is 4.66. The molecule has 0 bridgehead atoms. The van der Waals surface area contributed by atoms with Gasteiger partial charge in [-0.3, -0.25) is 4.57 Å². The van der Waals surface area contributed by atoms with E-state index in [0.29, 0.717) is 5.95 Å². The van der Waals surface area contributed by atoms with E-state index in [1.165, 1.54) is 65.3 Å². The highest BCUT2D eigenvalue weighted by molar-refractivity contribution is 6.23. The van der Waals surface area contributed by atoms with E-state index in [1.54, 1.807) is 0 Å². The van der Waals surface area contributed by atoms with Crippen molar-refractivity contribution in [1.82, 2.24) is 19.1 Å². The summed E-state index contributed by atoms with van der Waals surface area (Å²) in [7, 11) is 0. The molecule has 0 unspecified atom stereocenters. The minimum Gasteiger partial charge on any atom is -0.309 e. The summed E-state index contributed by atoms with van der Waals surface area (Å²) >= 11 is 0. The van der Waals surface area contributed by atoms with Crippen LogP contribution in [0.2, 0.25) is 0 Å². The van der Waals surface area contributed by atoms with Gasteiger partial charge >= 0.3 is 0 Å². The van der Waals surface area contributed by atoms with Gasteiger partial charge in [0.15, 0.2) is 0 Å². The molecular weight excluding hydrogens is 681 g/mol. The molecule has 3 aromatic heterocycles. The monoisotopic (exact) mass is 712 g/mol. The van der Waals surface area contributed by atoms with E-state index in [9.17, 15) is 0 Å². The van der Waals surface area contributed by atoms with Gasteiger partial charge in [0, 0.05) is 38.2 Å². The van der Waals surface area contributed by atoms with Gasteiger partial charge in [-0.05, 0) is 75.1 Å². The van der Waals surface area contributed by atoms with Crippen molar-refractivity contribution in [3.05, 3.63) is 194 Å². The third kappa shape index (κ3) is 4.53. The van der Waals surface area contributed by atoms with Crippen LogP contribution in [0.5, 0.6) is 0 Å². The summed E-state index contributed by atoms with van der Waals surface area (Å²) in [6.07, 6.45) is 0. The Morgan fingerprint density at radius 1 is 0.321 bits per heavy atom. The van der Waals surface area contributed by atoms with Crippen molar-refractivity contribution < 1.29 is 0 Å². The smallest absolute Gasteiger partial charge is 0.235 e. The van der Waals surface area contributed by atoms with Crippen molar-refractivity contribution in [2.45, 2.75) is 0 Å². The van der Waals surface area contributed by atoms with E-state index < -0.39 is 0 Å². The molecule has 56 heavy (non-hydrogen) atoms. The van der Waals surface area contributed by atoms with Crippen LogP contribution in [-0.4, -0.2) is 19.1 Å². The van der Waals surface area contributed by atoms with Crippen LogP contribution in [0.3, 0.4) is 0 Å². The molecule has 0 amide bonds. The predicted octanol–water partition coefficient (Wildman–Crippen LogP) is 13.5. The highest BCUT2D eigenvalue weighted by Gasteiger charge is 2.20. The first-order valence-electron chi connectivity index (χ1n) is 19.1.